The fourth-order valence-electron chi connectivity index (χ4n) is 2.74. The number of imidazole rings is 1. The van der Waals surface area contributed by atoms with Crippen molar-refractivity contribution in [3.05, 3.63) is 68.5 Å². The second kappa shape index (κ2) is 7.13. The van der Waals surface area contributed by atoms with E-state index in [0.29, 0.717) is 45.8 Å². The van der Waals surface area contributed by atoms with Gasteiger partial charge in [-0.15, -0.1) is 0 Å². The molecule has 8 nitrogen and oxygen atoms in total. The van der Waals surface area contributed by atoms with Gasteiger partial charge in [-0.3, -0.25) is 9.36 Å². The first-order valence-corrected chi connectivity index (χ1v) is 8.88. The third kappa shape index (κ3) is 3.58. The molecule has 0 unspecified atom stereocenters. The Labute approximate surface area is 163 Å². The van der Waals surface area contributed by atoms with Crippen LogP contribution in [0.4, 0.5) is 0 Å². The second-order valence-electron chi connectivity index (χ2n) is 6.06. The average molecular weight is 405 g/mol. The summed E-state index contributed by atoms with van der Waals surface area (Å²) < 4.78 is 8.31. The molecule has 0 amide bonds. The molecule has 0 bridgehead atoms. The Morgan fingerprint density at radius 1 is 1.11 bits per heavy atom. The maximum Gasteiger partial charge on any atom is 0.280 e. The summed E-state index contributed by atoms with van der Waals surface area (Å²) in [4.78, 5) is 25.1. The third-order valence-electron chi connectivity index (χ3n) is 4.14. The maximum atomic E-state index is 12.5. The Hall–Kier alpha value is -2.71. The molecule has 4 rings (SSSR count). The Kier molecular flexibility index (Phi) is 4.67. The lowest BCUT2D eigenvalue weighted by molar-refractivity contribution is 0.364. The number of aromatic nitrogens is 6. The van der Waals surface area contributed by atoms with Crippen LogP contribution in [0.15, 0.2) is 40.2 Å². The van der Waals surface area contributed by atoms with Crippen molar-refractivity contribution in [1.29, 1.82) is 0 Å². The van der Waals surface area contributed by atoms with Crippen LogP contribution in [-0.4, -0.2) is 29.2 Å². The summed E-state index contributed by atoms with van der Waals surface area (Å²) in [5, 5.41) is 5.00. The van der Waals surface area contributed by atoms with Gasteiger partial charge in [0.15, 0.2) is 17.0 Å². The Balaban J connectivity index is 1.48. The summed E-state index contributed by atoms with van der Waals surface area (Å²) >= 11 is 11.9. The number of benzene rings is 1. The van der Waals surface area contributed by atoms with E-state index in [1.54, 1.807) is 24.0 Å². The molecular weight excluding hydrogens is 391 g/mol. The van der Waals surface area contributed by atoms with Crippen LogP contribution in [0, 0.1) is 0 Å². The molecule has 138 valence electrons. The quantitative estimate of drug-likeness (QED) is 0.507. The van der Waals surface area contributed by atoms with Gasteiger partial charge >= 0.3 is 0 Å². The molecule has 4 aromatic rings. The molecule has 0 aliphatic heterocycles. The van der Waals surface area contributed by atoms with Crippen LogP contribution in [-0.2, 0) is 26.4 Å². The highest BCUT2D eigenvalue weighted by Crippen LogP contribution is 2.23. The van der Waals surface area contributed by atoms with Crippen LogP contribution in [0.3, 0.4) is 0 Å². The van der Waals surface area contributed by atoms with Gasteiger partial charge in [-0.1, -0.05) is 34.4 Å². The second-order valence-corrected chi connectivity index (χ2v) is 6.87. The van der Waals surface area contributed by atoms with Gasteiger partial charge in [0, 0.05) is 13.5 Å². The Morgan fingerprint density at radius 3 is 2.74 bits per heavy atom. The molecule has 0 saturated heterocycles. The SMILES string of the molecule is Cn1cnc2ncn(Cc3nc(CCc4ccc(Cl)c(Cl)c4)no3)c(=O)c21. The molecule has 0 atom stereocenters. The van der Waals surface area contributed by atoms with Crippen LogP contribution in [0.2, 0.25) is 10.0 Å². The van der Waals surface area contributed by atoms with E-state index in [1.165, 1.54) is 10.9 Å². The molecule has 0 radical (unpaired) electrons. The van der Waals surface area contributed by atoms with Gasteiger partial charge in [-0.05, 0) is 24.1 Å². The lowest BCUT2D eigenvalue weighted by Crippen LogP contribution is -2.22. The van der Waals surface area contributed by atoms with Crippen LogP contribution in [0.5, 0.6) is 0 Å². The zero-order valence-electron chi connectivity index (χ0n) is 14.3. The monoisotopic (exact) mass is 404 g/mol. The molecule has 0 spiro atoms. The van der Waals surface area contributed by atoms with Gasteiger partial charge in [0.2, 0.25) is 5.89 Å². The van der Waals surface area contributed by atoms with Crippen molar-refractivity contribution in [3.8, 4) is 0 Å². The predicted molar refractivity (Wildman–Crippen MR) is 100 cm³/mol. The fourth-order valence-corrected chi connectivity index (χ4v) is 3.06. The van der Waals surface area contributed by atoms with Crippen molar-refractivity contribution < 1.29 is 4.52 Å². The molecule has 0 N–H and O–H groups in total. The van der Waals surface area contributed by atoms with Crippen molar-refractivity contribution >= 4 is 34.4 Å². The maximum absolute atomic E-state index is 12.5. The molecular formula is C17H14Cl2N6O2. The minimum Gasteiger partial charge on any atom is -0.337 e. The van der Waals surface area contributed by atoms with Gasteiger partial charge in [-0.2, -0.15) is 4.98 Å². The van der Waals surface area contributed by atoms with E-state index in [2.05, 4.69) is 20.1 Å². The van der Waals surface area contributed by atoms with E-state index in [4.69, 9.17) is 27.7 Å². The minimum atomic E-state index is -0.212. The van der Waals surface area contributed by atoms with Gasteiger partial charge in [-0.25, -0.2) is 9.97 Å². The third-order valence-corrected chi connectivity index (χ3v) is 4.88. The summed E-state index contributed by atoms with van der Waals surface area (Å²) in [6.07, 6.45) is 4.25. The van der Waals surface area contributed by atoms with Crippen molar-refractivity contribution in [3.63, 3.8) is 0 Å². The summed E-state index contributed by atoms with van der Waals surface area (Å²) in [7, 11) is 1.75. The largest absolute Gasteiger partial charge is 0.337 e. The standard InChI is InChI=1S/C17H14Cl2N6O2/c1-24-8-20-16-15(24)17(26)25(9-21-16)7-14-22-13(23-27-14)5-3-10-2-4-11(18)12(19)6-10/h2,4,6,8-9H,3,5,7H2,1H3. The first-order chi connectivity index (χ1) is 13.0. The number of rotatable bonds is 5. The average Bonchev–Trinajstić information content (AvgIpc) is 3.25. The minimum absolute atomic E-state index is 0.146. The van der Waals surface area contributed by atoms with Gasteiger partial charge in [0.05, 0.1) is 16.4 Å². The predicted octanol–water partition coefficient (Wildman–Crippen LogP) is 2.65. The topological polar surface area (TPSA) is 91.6 Å². The number of nitrogens with zero attached hydrogens (tertiary/aromatic N) is 6. The Bertz CT molecular complexity index is 1180. The number of hydrogen-bond acceptors (Lipinski definition) is 6. The summed E-state index contributed by atoms with van der Waals surface area (Å²) in [6.45, 7) is 0.146. The van der Waals surface area contributed by atoms with Crippen LogP contribution >= 0.6 is 23.2 Å². The van der Waals surface area contributed by atoms with Gasteiger partial charge in [0.25, 0.3) is 5.56 Å². The normalized spacial score (nSPS) is 11.4. The lowest BCUT2D eigenvalue weighted by atomic mass is 10.1. The molecule has 3 heterocycles. The fraction of sp³-hybridized carbons (Fsp3) is 0.235. The highest BCUT2D eigenvalue weighted by molar-refractivity contribution is 6.42. The van der Waals surface area contributed by atoms with E-state index < -0.39 is 0 Å². The van der Waals surface area contributed by atoms with E-state index in [1.807, 2.05) is 12.1 Å². The van der Waals surface area contributed by atoms with Crippen LogP contribution < -0.4 is 5.56 Å². The van der Waals surface area contributed by atoms with Gasteiger partial charge < -0.3 is 9.09 Å². The summed E-state index contributed by atoms with van der Waals surface area (Å²) in [5.74, 6) is 0.892. The highest BCUT2D eigenvalue weighted by atomic mass is 35.5. The summed E-state index contributed by atoms with van der Waals surface area (Å²) in [5.41, 5.74) is 1.65. The molecule has 0 fully saturated rings. The van der Waals surface area contributed by atoms with Crippen LogP contribution in [0.25, 0.3) is 11.2 Å². The number of fused-ring (bicyclic) bond motifs is 1. The molecule has 1 aromatic carbocycles. The molecule has 0 saturated carbocycles. The van der Waals surface area contributed by atoms with Crippen molar-refractivity contribution in [2.24, 2.45) is 7.05 Å². The molecule has 0 aliphatic rings. The molecule has 3 aromatic heterocycles. The smallest absolute Gasteiger partial charge is 0.280 e. The van der Waals surface area contributed by atoms with Crippen molar-refractivity contribution in [1.82, 2.24) is 29.2 Å². The van der Waals surface area contributed by atoms with E-state index in [-0.39, 0.29) is 12.1 Å². The van der Waals surface area contributed by atoms with Crippen LogP contribution in [0.1, 0.15) is 17.3 Å². The first kappa shape index (κ1) is 17.7. The van der Waals surface area contributed by atoms with E-state index in [9.17, 15) is 4.79 Å². The van der Waals surface area contributed by atoms with Gasteiger partial charge in [0.1, 0.15) is 12.9 Å². The molecule has 10 heteroatoms. The highest BCUT2D eigenvalue weighted by Gasteiger charge is 2.12. The number of aryl methyl sites for hydroxylation is 3. The molecule has 27 heavy (non-hydrogen) atoms. The first-order valence-electron chi connectivity index (χ1n) is 8.13. The zero-order chi connectivity index (χ0) is 19.0. The number of hydrogen-bond donors (Lipinski definition) is 0. The van der Waals surface area contributed by atoms with Crippen molar-refractivity contribution in [2.75, 3.05) is 0 Å². The van der Waals surface area contributed by atoms with Crippen molar-refractivity contribution in [2.45, 2.75) is 19.4 Å². The van der Waals surface area contributed by atoms with E-state index in [0.717, 1.165) is 5.56 Å². The Morgan fingerprint density at radius 2 is 1.93 bits per heavy atom. The lowest BCUT2D eigenvalue weighted by Gasteiger charge is -2.02. The van der Waals surface area contributed by atoms with E-state index >= 15 is 0 Å². The molecule has 0 aliphatic carbocycles. The number of halogens is 2. The summed E-state index contributed by atoms with van der Waals surface area (Å²) in [6, 6.07) is 5.48. The zero-order valence-corrected chi connectivity index (χ0v) is 15.8.